The fourth-order valence-electron chi connectivity index (χ4n) is 3.22. The molecule has 5 aromatic rings. The van der Waals surface area contributed by atoms with Gasteiger partial charge in [-0.15, -0.1) is 10.2 Å². The van der Waals surface area contributed by atoms with E-state index in [4.69, 9.17) is 8.94 Å². The van der Waals surface area contributed by atoms with E-state index < -0.39 is 0 Å². The van der Waals surface area contributed by atoms with E-state index in [0.717, 1.165) is 16.7 Å². The second kappa shape index (κ2) is 8.61. The maximum Gasteiger partial charge on any atom is 0.240 e. The van der Waals surface area contributed by atoms with Crippen molar-refractivity contribution in [3.63, 3.8) is 0 Å². The SMILES string of the molecule is C[C@@H](Sc1nnc(Cc2ccccc2)n1-c1ccccc1)c1nc(-c2ccco2)no1. The van der Waals surface area contributed by atoms with Crippen LogP contribution in [-0.4, -0.2) is 24.9 Å². The Bertz CT molecular complexity index is 1250. The number of furan rings is 1. The van der Waals surface area contributed by atoms with Crippen LogP contribution in [-0.2, 0) is 6.42 Å². The topological polar surface area (TPSA) is 82.8 Å². The predicted octanol–water partition coefficient (Wildman–Crippen LogP) is 5.35. The summed E-state index contributed by atoms with van der Waals surface area (Å²) >= 11 is 1.52. The third-order valence-electron chi connectivity index (χ3n) is 4.73. The number of hydrogen-bond donors (Lipinski definition) is 0. The Hall–Kier alpha value is -3.65. The van der Waals surface area contributed by atoms with Crippen molar-refractivity contribution in [1.29, 1.82) is 0 Å². The first-order valence-electron chi connectivity index (χ1n) is 9.86. The molecule has 0 radical (unpaired) electrons. The lowest BCUT2D eigenvalue weighted by Gasteiger charge is -2.11. The summed E-state index contributed by atoms with van der Waals surface area (Å²) in [5, 5.41) is 13.6. The van der Waals surface area contributed by atoms with Crippen LogP contribution in [0, 0.1) is 0 Å². The molecule has 154 valence electrons. The molecule has 0 bridgehead atoms. The van der Waals surface area contributed by atoms with Gasteiger partial charge in [-0.1, -0.05) is 65.4 Å². The Kier molecular flexibility index (Phi) is 5.37. The Balaban J connectivity index is 1.45. The summed E-state index contributed by atoms with van der Waals surface area (Å²) < 4.78 is 12.9. The quantitative estimate of drug-likeness (QED) is 0.322. The lowest BCUT2D eigenvalue weighted by atomic mass is 10.1. The molecular weight excluding hydrogens is 410 g/mol. The van der Waals surface area contributed by atoms with Crippen molar-refractivity contribution in [1.82, 2.24) is 24.9 Å². The Morgan fingerprint density at radius 2 is 1.71 bits per heavy atom. The molecule has 0 amide bonds. The molecule has 0 aliphatic carbocycles. The van der Waals surface area contributed by atoms with Gasteiger partial charge in [0.1, 0.15) is 5.82 Å². The third kappa shape index (κ3) is 4.15. The second-order valence-corrected chi connectivity index (χ2v) is 8.23. The number of thioether (sulfide) groups is 1. The molecule has 0 unspecified atom stereocenters. The van der Waals surface area contributed by atoms with Gasteiger partial charge in [0.25, 0.3) is 0 Å². The molecule has 0 saturated heterocycles. The van der Waals surface area contributed by atoms with E-state index in [0.29, 0.717) is 23.9 Å². The lowest BCUT2D eigenvalue weighted by molar-refractivity contribution is 0.379. The van der Waals surface area contributed by atoms with E-state index in [9.17, 15) is 0 Å². The smallest absolute Gasteiger partial charge is 0.240 e. The molecule has 2 aromatic carbocycles. The molecule has 3 heterocycles. The average Bonchev–Trinajstić information content (AvgIpc) is 3.56. The van der Waals surface area contributed by atoms with Crippen LogP contribution in [0.4, 0.5) is 0 Å². The average molecular weight is 430 g/mol. The van der Waals surface area contributed by atoms with Crippen molar-refractivity contribution in [3.05, 3.63) is 96.3 Å². The molecule has 0 fully saturated rings. The highest BCUT2D eigenvalue weighted by molar-refractivity contribution is 7.99. The molecule has 0 spiro atoms. The fraction of sp³-hybridized carbons (Fsp3) is 0.130. The van der Waals surface area contributed by atoms with Gasteiger partial charge in [-0.2, -0.15) is 4.98 Å². The number of benzene rings is 2. The first kappa shape index (κ1) is 19.3. The van der Waals surface area contributed by atoms with Crippen LogP contribution >= 0.6 is 11.8 Å². The van der Waals surface area contributed by atoms with Crippen LogP contribution in [0.1, 0.15) is 29.5 Å². The minimum Gasteiger partial charge on any atom is -0.461 e. The number of aromatic nitrogens is 5. The zero-order valence-corrected chi connectivity index (χ0v) is 17.6. The molecule has 31 heavy (non-hydrogen) atoms. The van der Waals surface area contributed by atoms with Gasteiger partial charge < -0.3 is 8.94 Å². The van der Waals surface area contributed by atoms with Gasteiger partial charge in [0, 0.05) is 12.1 Å². The fourth-order valence-corrected chi connectivity index (χ4v) is 4.14. The number of para-hydroxylation sites is 1. The van der Waals surface area contributed by atoms with Gasteiger partial charge in [0.15, 0.2) is 10.9 Å². The highest BCUT2D eigenvalue weighted by Crippen LogP contribution is 2.35. The van der Waals surface area contributed by atoms with Gasteiger partial charge >= 0.3 is 0 Å². The summed E-state index contributed by atoms with van der Waals surface area (Å²) in [4.78, 5) is 4.48. The first-order valence-corrected chi connectivity index (χ1v) is 10.7. The summed E-state index contributed by atoms with van der Waals surface area (Å²) in [7, 11) is 0. The Morgan fingerprint density at radius 3 is 2.45 bits per heavy atom. The normalized spacial score (nSPS) is 12.2. The van der Waals surface area contributed by atoms with Gasteiger partial charge in [0.2, 0.25) is 11.7 Å². The summed E-state index contributed by atoms with van der Waals surface area (Å²) in [6, 6.07) is 24.0. The third-order valence-corrected chi connectivity index (χ3v) is 5.76. The standard InChI is InChI=1S/C23H19N5O2S/c1-16(22-24-21(27-30-22)19-13-8-14-29-19)31-23-26-25-20(15-17-9-4-2-5-10-17)28(23)18-11-6-3-7-12-18/h2-14,16H,15H2,1H3/t16-/m1/s1. The maximum atomic E-state index is 5.47. The zero-order valence-electron chi connectivity index (χ0n) is 16.8. The minimum atomic E-state index is -0.118. The monoisotopic (exact) mass is 429 g/mol. The van der Waals surface area contributed by atoms with Crippen LogP contribution in [0.3, 0.4) is 0 Å². The van der Waals surface area contributed by atoms with Crippen molar-refractivity contribution in [3.8, 4) is 17.3 Å². The molecule has 0 N–H and O–H groups in total. The summed E-state index contributed by atoms with van der Waals surface area (Å²) in [5.41, 5.74) is 2.19. The van der Waals surface area contributed by atoms with Crippen molar-refractivity contribution in [2.45, 2.75) is 23.8 Å². The molecule has 1 atom stereocenters. The van der Waals surface area contributed by atoms with Gasteiger partial charge in [-0.05, 0) is 36.8 Å². The predicted molar refractivity (Wildman–Crippen MR) is 117 cm³/mol. The van der Waals surface area contributed by atoms with Crippen LogP contribution in [0.15, 0.2) is 93.2 Å². The van der Waals surface area contributed by atoms with E-state index >= 15 is 0 Å². The summed E-state index contributed by atoms with van der Waals surface area (Å²) in [5.74, 6) is 2.38. The van der Waals surface area contributed by atoms with E-state index in [1.807, 2.05) is 55.5 Å². The van der Waals surface area contributed by atoms with Crippen LogP contribution in [0.2, 0.25) is 0 Å². The molecule has 5 rings (SSSR count). The number of nitrogens with zero attached hydrogens (tertiary/aromatic N) is 5. The minimum absolute atomic E-state index is 0.118. The van der Waals surface area contributed by atoms with Crippen molar-refractivity contribution in [2.75, 3.05) is 0 Å². The second-order valence-electron chi connectivity index (χ2n) is 6.93. The molecule has 3 aromatic heterocycles. The van der Waals surface area contributed by atoms with Crippen molar-refractivity contribution in [2.24, 2.45) is 0 Å². The van der Waals surface area contributed by atoms with Crippen molar-refractivity contribution < 1.29 is 8.94 Å². The van der Waals surface area contributed by atoms with Gasteiger partial charge in [-0.3, -0.25) is 4.57 Å². The number of hydrogen-bond acceptors (Lipinski definition) is 7. The number of rotatable bonds is 7. The molecule has 0 saturated carbocycles. The van der Waals surface area contributed by atoms with E-state index in [-0.39, 0.29) is 5.25 Å². The molecule has 0 aliphatic rings. The first-order chi connectivity index (χ1) is 15.3. The van der Waals surface area contributed by atoms with E-state index in [2.05, 4.69) is 37.0 Å². The summed E-state index contributed by atoms with van der Waals surface area (Å²) in [6.07, 6.45) is 2.26. The molecule has 0 aliphatic heterocycles. The zero-order chi connectivity index (χ0) is 21.0. The lowest BCUT2D eigenvalue weighted by Crippen LogP contribution is -2.04. The van der Waals surface area contributed by atoms with Crippen LogP contribution in [0.25, 0.3) is 17.3 Å². The highest BCUT2D eigenvalue weighted by atomic mass is 32.2. The van der Waals surface area contributed by atoms with Crippen LogP contribution in [0.5, 0.6) is 0 Å². The Labute approximate surface area is 183 Å². The largest absolute Gasteiger partial charge is 0.461 e. The Morgan fingerprint density at radius 1 is 0.935 bits per heavy atom. The van der Waals surface area contributed by atoms with Gasteiger partial charge in [0.05, 0.1) is 11.5 Å². The van der Waals surface area contributed by atoms with Crippen molar-refractivity contribution >= 4 is 11.8 Å². The molecule has 8 heteroatoms. The maximum absolute atomic E-state index is 5.47. The molecular formula is C23H19N5O2S. The van der Waals surface area contributed by atoms with E-state index in [1.165, 1.54) is 17.3 Å². The highest BCUT2D eigenvalue weighted by Gasteiger charge is 2.22. The summed E-state index contributed by atoms with van der Waals surface area (Å²) in [6.45, 7) is 2.00. The van der Waals surface area contributed by atoms with E-state index in [1.54, 1.807) is 18.4 Å². The van der Waals surface area contributed by atoms with Gasteiger partial charge in [-0.25, -0.2) is 0 Å². The molecule has 7 nitrogen and oxygen atoms in total. The van der Waals surface area contributed by atoms with Crippen LogP contribution < -0.4 is 0 Å².